The molecule has 2 amide bonds. The molecule has 0 saturated carbocycles. The molecule has 1 aromatic heterocycles. The second-order valence-corrected chi connectivity index (χ2v) is 11.6. The average Bonchev–Trinajstić information content (AvgIpc) is 3.53. The minimum absolute atomic E-state index is 0.0799. The van der Waals surface area contributed by atoms with Crippen LogP contribution < -0.4 is 15.4 Å². The van der Waals surface area contributed by atoms with Crippen molar-refractivity contribution in [3.05, 3.63) is 107 Å². The molecule has 1 aliphatic carbocycles. The average molecular weight is 658 g/mol. The third-order valence-corrected chi connectivity index (χ3v) is 7.99. The van der Waals surface area contributed by atoms with Gasteiger partial charge < -0.3 is 34.5 Å². The number of aromatic nitrogens is 1. The number of aryl methyl sites for hydroxylation is 1. The number of hydrogen-bond acceptors (Lipinski definition) is 7. The second-order valence-electron chi connectivity index (χ2n) is 11.6. The van der Waals surface area contributed by atoms with E-state index >= 15 is 0 Å². The molecule has 0 spiro atoms. The monoisotopic (exact) mass is 657 g/mol. The Kier molecular flexibility index (Phi) is 13.0. The van der Waals surface area contributed by atoms with Gasteiger partial charge >= 0.3 is 11.9 Å². The van der Waals surface area contributed by atoms with E-state index in [1.54, 1.807) is 78.5 Å². The molecule has 2 aromatic carbocycles. The summed E-state index contributed by atoms with van der Waals surface area (Å²) >= 11 is 0. The summed E-state index contributed by atoms with van der Waals surface area (Å²) in [5.41, 5.74) is 1.56. The standard InChI is InChI=1S/C37H43N3O8/c1-4-5-6-7-8-22-47-29-18-14-27(15-19-29)37(45)48-32-20-11-25(24-33(32)46-3)23-30(36(43)44)39-34(41)26-12-16-28(17-13-26)38-35(42)31-10-9-21-40(31)2/h9-10,12-21,24-25,30H,4-8,11,22-23H2,1-3H3,(H,38,42)(H,39,41)(H,43,44). The molecule has 254 valence electrons. The number of carbonyl (C=O) groups is 4. The first-order valence-electron chi connectivity index (χ1n) is 16.2. The van der Waals surface area contributed by atoms with Gasteiger partial charge in [-0.2, -0.15) is 0 Å². The van der Waals surface area contributed by atoms with E-state index in [1.807, 2.05) is 0 Å². The second kappa shape index (κ2) is 17.6. The van der Waals surface area contributed by atoms with Crippen LogP contribution in [0.3, 0.4) is 0 Å². The molecular weight excluding hydrogens is 614 g/mol. The lowest BCUT2D eigenvalue weighted by atomic mass is 9.91. The topological polar surface area (TPSA) is 145 Å². The molecule has 3 aromatic rings. The van der Waals surface area contributed by atoms with Gasteiger partial charge in [-0.05, 0) is 98.0 Å². The Morgan fingerprint density at radius 1 is 0.917 bits per heavy atom. The Balaban J connectivity index is 1.28. The third-order valence-electron chi connectivity index (χ3n) is 7.99. The fourth-order valence-electron chi connectivity index (χ4n) is 5.25. The number of nitrogens with one attached hydrogen (secondary N) is 2. The molecule has 11 nitrogen and oxygen atoms in total. The molecule has 0 bridgehead atoms. The summed E-state index contributed by atoms with van der Waals surface area (Å²) in [6, 6.07) is 15.2. The van der Waals surface area contributed by atoms with Crippen LogP contribution in [0.4, 0.5) is 5.69 Å². The number of carboxylic acids is 1. The maximum absolute atomic E-state index is 12.9. The summed E-state index contributed by atoms with van der Waals surface area (Å²) in [5, 5.41) is 15.2. The van der Waals surface area contributed by atoms with E-state index in [9.17, 15) is 24.3 Å². The third kappa shape index (κ3) is 10.1. The van der Waals surface area contributed by atoms with Crippen LogP contribution in [0.2, 0.25) is 0 Å². The molecule has 2 unspecified atom stereocenters. The summed E-state index contributed by atoms with van der Waals surface area (Å²) in [5.74, 6) is -1.70. The number of amides is 2. The predicted molar refractivity (Wildman–Crippen MR) is 181 cm³/mol. The van der Waals surface area contributed by atoms with Gasteiger partial charge in [0.25, 0.3) is 11.8 Å². The quantitative estimate of drug-likeness (QED) is 0.110. The van der Waals surface area contributed by atoms with Gasteiger partial charge in [0.15, 0.2) is 11.5 Å². The van der Waals surface area contributed by atoms with Gasteiger partial charge in [0, 0.05) is 24.5 Å². The predicted octanol–water partition coefficient (Wildman–Crippen LogP) is 6.49. The Morgan fingerprint density at radius 2 is 1.62 bits per heavy atom. The fourth-order valence-corrected chi connectivity index (χ4v) is 5.25. The Hall–Kier alpha value is -5.32. The molecule has 11 heteroatoms. The number of hydrogen-bond donors (Lipinski definition) is 3. The van der Waals surface area contributed by atoms with Crippen LogP contribution in [0, 0.1) is 5.92 Å². The van der Waals surface area contributed by atoms with Crippen molar-refractivity contribution in [1.29, 1.82) is 0 Å². The number of ether oxygens (including phenoxy) is 3. The minimum atomic E-state index is -1.19. The van der Waals surface area contributed by atoms with E-state index in [4.69, 9.17) is 14.2 Å². The number of carbonyl (C=O) groups excluding carboxylic acids is 3. The van der Waals surface area contributed by atoms with Crippen molar-refractivity contribution in [1.82, 2.24) is 9.88 Å². The summed E-state index contributed by atoms with van der Waals surface area (Å²) in [7, 11) is 3.20. The zero-order chi connectivity index (χ0) is 34.5. The van der Waals surface area contributed by atoms with Crippen molar-refractivity contribution in [2.24, 2.45) is 13.0 Å². The first-order chi connectivity index (χ1) is 23.2. The van der Waals surface area contributed by atoms with Crippen molar-refractivity contribution < 1.29 is 38.5 Å². The van der Waals surface area contributed by atoms with E-state index in [2.05, 4.69) is 17.6 Å². The number of allylic oxidation sites excluding steroid dienone is 2. The number of nitrogens with zero attached hydrogens (tertiary/aromatic N) is 1. The SMILES string of the molecule is CCCCCCCOc1ccc(C(=O)OC2=CCC(CC(NC(=O)c3ccc(NC(=O)c4cccn4C)cc3)C(=O)O)C=C2OC)cc1. The van der Waals surface area contributed by atoms with Gasteiger partial charge in [0.1, 0.15) is 17.5 Å². The van der Waals surface area contributed by atoms with Gasteiger partial charge in [-0.25, -0.2) is 9.59 Å². The lowest BCUT2D eigenvalue weighted by molar-refractivity contribution is -0.139. The summed E-state index contributed by atoms with van der Waals surface area (Å²) < 4.78 is 18.5. The summed E-state index contributed by atoms with van der Waals surface area (Å²) in [4.78, 5) is 50.3. The van der Waals surface area contributed by atoms with Crippen LogP contribution in [0.5, 0.6) is 5.75 Å². The van der Waals surface area contributed by atoms with Gasteiger partial charge in [-0.3, -0.25) is 9.59 Å². The number of esters is 1. The molecule has 1 heterocycles. The van der Waals surface area contributed by atoms with Crippen LogP contribution in [-0.4, -0.2) is 53.2 Å². The molecule has 3 N–H and O–H groups in total. The number of unbranched alkanes of at least 4 members (excludes halogenated alkanes) is 4. The molecule has 0 aliphatic heterocycles. The van der Waals surface area contributed by atoms with Crippen molar-refractivity contribution in [2.75, 3.05) is 19.0 Å². The fraction of sp³-hybridized carbons (Fsp3) is 0.351. The van der Waals surface area contributed by atoms with E-state index in [0.717, 1.165) is 12.8 Å². The number of aliphatic carboxylic acids is 1. The molecule has 48 heavy (non-hydrogen) atoms. The van der Waals surface area contributed by atoms with Crippen LogP contribution in [0.1, 0.15) is 83.1 Å². The molecule has 0 saturated heterocycles. The van der Waals surface area contributed by atoms with Gasteiger partial charge in [-0.1, -0.05) is 32.6 Å². The molecule has 4 rings (SSSR count). The minimum Gasteiger partial charge on any atom is -0.494 e. The van der Waals surface area contributed by atoms with Crippen LogP contribution in [0.15, 0.2) is 90.5 Å². The number of carboxylic acid groups (broad SMARTS) is 1. The highest BCUT2D eigenvalue weighted by molar-refractivity contribution is 6.03. The van der Waals surface area contributed by atoms with Crippen molar-refractivity contribution in [2.45, 2.75) is 57.9 Å². The van der Waals surface area contributed by atoms with Crippen molar-refractivity contribution >= 4 is 29.4 Å². The zero-order valence-electron chi connectivity index (χ0n) is 27.6. The van der Waals surface area contributed by atoms with E-state index in [0.29, 0.717) is 41.5 Å². The highest BCUT2D eigenvalue weighted by atomic mass is 16.6. The molecule has 0 radical (unpaired) electrons. The molecular formula is C37H43N3O8. The van der Waals surface area contributed by atoms with Crippen molar-refractivity contribution in [3.8, 4) is 5.75 Å². The highest BCUT2D eigenvalue weighted by Gasteiger charge is 2.28. The maximum atomic E-state index is 12.9. The van der Waals surface area contributed by atoms with Crippen LogP contribution in [0.25, 0.3) is 0 Å². The highest BCUT2D eigenvalue weighted by Crippen LogP contribution is 2.28. The van der Waals surface area contributed by atoms with Gasteiger partial charge in [0.2, 0.25) is 0 Å². The summed E-state index contributed by atoms with van der Waals surface area (Å²) in [6.45, 7) is 2.80. The zero-order valence-corrected chi connectivity index (χ0v) is 27.6. The largest absolute Gasteiger partial charge is 0.494 e. The van der Waals surface area contributed by atoms with E-state index in [1.165, 1.54) is 38.5 Å². The lowest BCUT2D eigenvalue weighted by Crippen LogP contribution is -2.42. The van der Waals surface area contributed by atoms with Crippen LogP contribution in [-0.2, 0) is 21.3 Å². The van der Waals surface area contributed by atoms with Crippen molar-refractivity contribution in [3.63, 3.8) is 0 Å². The van der Waals surface area contributed by atoms with E-state index < -0.39 is 23.9 Å². The summed E-state index contributed by atoms with van der Waals surface area (Å²) in [6.07, 6.45) is 11.3. The number of anilines is 1. The molecule has 1 aliphatic rings. The number of rotatable bonds is 17. The molecule has 0 fully saturated rings. The number of methoxy groups -OCH3 is 1. The Morgan fingerprint density at radius 3 is 2.27 bits per heavy atom. The Labute approximate surface area is 280 Å². The van der Waals surface area contributed by atoms with Crippen LogP contribution >= 0.6 is 0 Å². The first kappa shape index (κ1) is 35.5. The number of benzene rings is 2. The lowest BCUT2D eigenvalue weighted by Gasteiger charge is -2.23. The Bertz CT molecular complexity index is 1620. The van der Waals surface area contributed by atoms with Gasteiger partial charge in [0.05, 0.1) is 19.3 Å². The van der Waals surface area contributed by atoms with Gasteiger partial charge in [-0.15, -0.1) is 0 Å². The molecule has 2 atom stereocenters. The first-order valence-corrected chi connectivity index (χ1v) is 16.2. The maximum Gasteiger partial charge on any atom is 0.343 e. The normalized spacial score (nSPS) is 14.6. The smallest absolute Gasteiger partial charge is 0.343 e. The van der Waals surface area contributed by atoms with E-state index in [-0.39, 0.29) is 29.6 Å².